The number of hydrogen-bond acceptors (Lipinski definition) is 4. The van der Waals surface area contributed by atoms with Crippen molar-refractivity contribution in [3.63, 3.8) is 0 Å². The fraction of sp³-hybridized carbons (Fsp3) is 0.474. The van der Waals surface area contributed by atoms with Crippen LogP contribution in [0.4, 0.5) is 13.2 Å². The Morgan fingerprint density at radius 1 is 1.21 bits per heavy atom. The first kappa shape index (κ1) is 23.5. The van der Waals surface area contributed by atoms with Crippen LogP contribution in [0.3, 0.4) is 0 Å². The molecule has 0 amide bonds. The minimum atomic E-state index is -4.31. The van der Waals surface area contributed by atoms with Crippen LogP contribution in [0.25, 0.3) is 0 Å². The summed E-state index contributed by atoms with van der Waals surface area (Å²) in [5, 5.41) is 7.14. The first-order valence-electron chi connectivity index (χ1n) is 9.26. The quantitative estimate of drug-likeness (QED) is 0.369. The van der Waals surface area contributed by atoms with Gasteiger partial charge in [0.25, 0.3) is 0 Å². The summed E-state index contributed by atoms with van der Waals surface area (Å²) in [6, 6.07) is 7.32. The average Bonchev–Trinajstić information content (AvgIpc) is 3.19. The minimum absolute atomic E-state index is 0. The zero-order chi connectivity index (χ0) is 20.0. The first-order valence-corrected chi connectivity index (χ1v) is 9.26. The van der Waals surface area contributed by atoms with Gasteiger partial charge in [0.15, 0.2) is 5.96 Å². The molecule has 1 aromatic heterocycles. The lowest BCUT2D eigenvalue weighted by Gasteiger charge is -2.36. The van der Waals surface area contributed by atoms with Crippen molar-refractivity contribution < 1.29 is 17.7 Å². The van der Waals surface area contributed by atoms with Crippen LogP contribution in [0, 0.1) is 0 Å². The van der Waals surface area contributed by atoms with Crippen molar-refractivity contribution >= 4 is 29.9 Å². The number of nitrogens with zero attached hydrogens (tertiary/aromatic N) is 4. The predicted molar refractivity (Wildman–Crippen MR) is 115 cm³/mol. The predicted octanol–water partition coefficient (Wildman–Crippen LogP) is 3.59. The summed E-state index contributed by atoms with van der Waals surface area (Å²) in [6.45, 7) is 6.72. The molecule has 0 radical (unpaired) electrons. The van der Waals surface area contributed by atoms with Crippen molar-refractivity contribution in [3.8, 4) is 0 Å². The molecule has 1 fully saturated rings. The lowest BCUT2D eigenvalue weighted by molar-refractivity contribution is -0.137. The lowest BCUT2D eigenvalue weighted by Crippen LogP contribution is -2.52. The smallest absolute Gasteiger partial charge is 0.364 e. The summed E-state index contributed by atoms with van der Waals surface area (Å²) in [5.41, 5.74) is 0.839. The van der Waals surface area contributed by atoms with Gasteiger partial charge in [0, 0.05) is 45.3 Å². The number of nitrogens with one attached hydrogen (secondary N) is 1. The third-order valence-corrected chi connectivity index (χ3v) is 4.55. The summed E-state index contributed by atoms with van der Waals surface area (Å²) in [4.78, 5) is 8.91. The Bertz CT molecular complexity index is 774. The summed E-state index contributed by atoms with van der Waals surface area (Å²) < 4.78 is 43.5. The number of halogens is 4. The van der Waals surface area contributed by atoms with Crippen LogP contribution in [0.2, 0.25) is 0 Å². The molecule has 0 aliphatic carbocycles. The summed E-state index contributed by atoms with van der Waals surface area (Å²) in [5.74, 6) is 0.809. The molecule has 2 heterocycles. The van der Waals surface area contributed by atoms with Crippen LogP contribution in [0.5, 0.6) is 0 Å². The van der Waals surface area contributed by atoms with Gasteiger partial charge in [0.1, 0.15) is 12.0 Å². The van der Waals surface area contributed by atoms with E-state index in [2.05, 4.69) is 25.3 Å². The maximum absolute atomic E-state index is 12.9. The standard InChI is InChI=1S/C19H24F3N5O.HI/c1-2-23-18(24-13-17-6-11-28-25-17)27-9-7-26(8-10-27)14-15-4-3-5-16(12-15)19(20,21)22;/h3-6,11-12H,2,7-10,13-14H2,1H3,(H,23,24);1H. The van der Waals surface area contributed by atoms with Gasteiger partial charge in [-0.3, -0.25) is 4.90 Å². The highest BCUT2D eigenvalue weighted by molar-refractivity contribution is 14.0. The number of aromatic nitrogens is 1. The van der Waals surface area contributed by atoms with Gasteiger partial charge in [-0.05, 0) is 18.6 Å². The summed E-state index contributed by atoms with van der Waals surface area (Å²) in [6.07, 6.45) is -2.79. The van der Waals surface area contributed by atoms with E-state index in [-0.39, 0.29) is 24.0 Å². The van der Waals surface area contributed by atoms with Crippen LogP contribution < -0.4 is 5.32 Å². The van der Waals surface area contributed by atoms with Crippen LogP contribution in [0.1, 0.15) is 23.7 Å². The van der Waals surface area contributed by atoms with Crippen molar-refractivity contribution in [3.05, 3.63) is 53.4 Å². The molecule has 3 rings (SSSR count). The normalized spacial score (nSPS) is 15.9. The fourth-order valence-corrected chi connectivity index (χ4v) is 3.12. The molecule has 6 nitrogen and oxygen atoms in total. The number of hydrogen-bond donors (Lipinski definition) is 1. The molecule has 10 heteroatoms. The van der Waals surface area contributed by atoms with Crippen LogP contribution in [-0.4, -0.2) is 53.6 Å². The molecule has 1 saturated heterocycles. The van der Waals surface area contributed by atoms with E-state index in [9.17, 15) is 13.2 Å². The molecule has 0 atom stereocenters. The maximum Gasteiger partial charge on any atom is 0.416 e. The number of aliphatic imine (C=N–C) groups is 1. The number of rotatable bonds is 5. The Labute approximate surface area is 185 Å². The van der Waals surface area contributed by atoms with Crippen LogP contribution in [0.15, 0.2) is 46.1 Å². The molecule has 1 aliphatic heterocycles. The minimum Gasteiger partial charge on any atom is -0.364 e. The lowest BCUT2D eigenvalue weighted by atomic mass is 10.1. The monoisotopic (exact) mass is 523 g/mol. The SMILES string of the molecule is CCNC(=NCc1ccon1)N1CCN(Cc2cccc(C(F)(F)F)c2)CC1.I. The van der Waals surface area contributed by atoms with E-state index in [1.165, 1.54) is 18.4 Å². The van der Waals surface area contributed by atoms with E-state index in [0.717, 1.165) is 50.4 Å². The number of guanidine groups is 1. The van der Waals surface area contributed by atoms with Gasteiger partial charge >= 0.3 is 6.18 Å². The number of piperazine rings is 1. The van der Waals surface area contributed by atoms with Crippen molar-refractivity contribution in [1.29, 1.82) is 0 Å². The third kappa shape index (κ3) is 6.88. The zero-order valence-corrected chi connectivity index (χ0v) is 18.5. The molecule has 0 spiro atoms. The number of benzene rings is 1. The fourth-order valence-electron chi connectivity index (χ4n) is 3.12. The molecule has 29 heavy (non-hydrogen) atoms. The van der Waals surface area contributed by atoms with Crippen molar-refractivity contribution in [2.45, 2.75) is 26.2 Å². The second kappa shape index (κ2) is 10.8. The summed E-state index contributed by atoms with van der Waals surface area (Å²) >= 11 is 0. The molecule has 0 bridgehead atoms. The average molecular weight is 523 g/mol. The first-order chi connectivity index (χ1) is 13.5. The van der Waals surface area contributed by atoms with Gasteiger partial charge < -0.3 is 14.7 Å². The van der Waals surface area contributed by atoms with E-state index < -0.39 is 11.7 Å². The zero-order valence-electron chi connectivity index (χ0n) is 16.2. The Morgan fingerprint density at radius 2 is 1.97 bits per heavy atom. The van der Waals surface area contributed by atoms with Gasteiger partial charge in [-0.15, -0.1) is 24.0 Å². The summed E-state index contributed by atoms with van der Waals surface area (Å²) in [7, 11) is 0. The molecular weight excluding hydrogens is 498 g/mol. The van der Waals surface area contributed by atoms with E-state index in [4.69, 9.17) is 4.52 Å². The highest BCUT2D eigenvalue weighted by atomic mass is 127. The Hall–Kier alpha value is -1.82. The third-order valence-electron chi connectivity index (χ3n) is 4.55. The molecule has 0 saturated carbocycles. The van der Waals surface area contributed by atoms with E-state index in [1.807, 2.05) is 6.92 Å². The molecule has 1 N–H and O–H groups in total. The van der Waals surface area contributed by atoms with Crippen molar-refractivity contribution in [2.24, 2.45) is 4.99 Å². The van der Waals surface area contributed by atoms with Gasteiger partial charge in [0.2, 0.25) is 0 Å². The Kier molecular flexibility index (Phi) is 8.75. The van der Waals surface area contributed by atoms with Crippen LogP contribution >= 0.6 is 24.0 Å². The second-order valence-electron chi connectivity index (χ2n) is 6.62. The second-order valence-corrected chi connectivity index (χ2v) is 6.62. The molecule has 1 aliphatic rings. The van der Waals surface area contributed by atoms with Crippen molar-refractivity contribution in [1.82, 2.24) is 20.3 Å². The molecule has 2 aromatic rings. The highest BCUT2D eigenvalue weighted by Gasteiger charge is 2.30. The molecule has 1 aromatic carbocycles. The van der Waals surface area contributed by atoms with E-state index in [0.29, 0.717) is 18.7 Å². The molecule has 160 valence electrons. The van der Waals surface area contributed by atoms with Gasteiger partial charge in [-0.25, -0.2) is 4.99 Å². The topological polar surface area (TPSA) is 56.9 Å². The van der Waals surface area contributed by atoms with Crippen molar-refractivity contribution in [2.75, 3.05) is 32.7 Å². The maximum atomic E-state index is 12.9. The Morgan fingerprint density at radius 3 is 2.59 bits per heavy atom. The van der Waals surface area contributed by atoms with Crippen LogP contribution in [-0.2, 0) is 19.3 Å². The van der Waals surface area contributed by atoms with Gasteiger partial charge in [-0.2, -0.15) is 13.2 Å². The molecular formula is C19H25F3IN5O. The number of alkyl halides is 3. The van der Waals surface area contributed by atoms with E-state index >= 15 is 0 Å². The largest absolute Gasteiger partial charge is 0.416 e. The molecule has 0 unspecified atom stereocenters. The Balaban J connectivity index is 0.00000300. The van der Waals surface area contributed by atoms with E-state index in [1.54, 1.807) is 12.1 Å². The highest BCUT2D eigenvalue weighted by Crippen LogP contribution is 2.29. The van der Waals surface area contributed by atoms with Gasteiger partial charge in [0.05, 0.1) is 12.1 Å². The van der Waals surface area contributed by atoms with Gasteiger partial charge in [-0.1, -0.05) is 23.4 Å².